The number of aromatic amines is 1. The largest absolute Gasteiger partial charge is 0.356 e. The minimum Gasteiger partial charge on any atom is -0.356 e. The summed E-state index contributed by atoms with van der Waals surface area (Å²) in [4.78, 5) is 13.8. The molecule has 0 atom stereocenters. The van der Waals surface area contributed by atoms with Crippen LogP contribution in [0.4, 0.5) is 5.69 Å². The van der Waals surface area contributed by atoms with E-state index in [1.54, 1.807) is 18.2 Å². The van der Waals surface area contributed by atoms with E-state index in [9.17, 15) is 13.2 Å². The van der Waals surface area contributed by atoms with Crippen molar-refractivity contribution in [1.29, 1.82) is 0 Å². The summed E-state index contributed by atoms with van der Waals surface area (Å²) in [7, 11) is -3.76. The number of hydrogen-bond acceptors (Lipinski definition) is 4. The Hall–Kier alpha value is -2.32. The molecule has 0 aliphatic carbocycles. The lowest BCUT2D eigenvalue weighted by Gasteiger charge is -2.07. The predicted molar refractivity (Wildman–Crippen MR) is 79.1 cm³/mol. The van der Waals surface area contributed by atoms with E-state index < -0.39 is 15.9 Å². The van der Waals surface area contributed by atoms with Gasteiger partial charge in [-0.25, -0.2) is 14.3 Å². The molecular formula is C13H16N4O3S. The molecule has 1 heterocycles. The van der Waals surface area contributed by atoms with Gasteiger partial charge in [-0.1, -0.05) is 19.1 Å². The highest BCUT2D eigenvalue weighted by Gasteiger charge is 2.18. The number of benzene rings is 1. The molecule has 0 spiro atoms. The Kier molecular flexibility index (Phi) is 4.29. The molecule has 1 aromatic carbocycles. The van der Waals surface area contributed by atoms with Crippen molar-refractivity contribution in [2.75, 3.05) is 4.72 Å². The van der Waals surface area contributed by atoms with Gasteiger partial charge >= 0.3 is 0 Å². The molecule has 1 amide bonds. The number of carbonyl (C=O) groups is 1. The average Bonchev–Trinajstić information content (AvgIpc) is 2.97. The van der Waals surface area contributed by atoms with Gasteiger partial charge in [0.2, 0.25) is 0 Å². The third kappa shape index (κ3) is 3.41. The van der Waals surface area contributed by atoms with E-state index >= 15 is 0 Å². The fourth-order valence-corrected chi connectivity index (χ4v) is 2.85. The van der Waals surface area contributed by atoms with Gasteiger partial charge in [0.1, 0.15) is 10.6 Å². The quantitative estimate of drug-likeness (QED) is 0.374. The van der Waals surface area contributed by atoms with E-state index in [1.165, 1.54) is 12.3 Å². The molecule has 0 aliphatic rings. The first kappa shape index (κ1) is 15.1. The fourth-order valence-electron chi connectivity index (χ4n) is 1.81. The minimum absolute atomic E-state index is 0.0389. The molecule has 0 bridgehead atoms. The minimum atomic E-state index is -3.76. The molecule has 0 radical (unpaired) electrons. The molecule has 1 aromatic heterocycles. The SMILES string of the molecule is CCc1cccc(NS(=O)(=O)c2c[nH]c(C(=O)NN)c2)c1. The van der Waals surface area contributed by atoms with E-state index in [4.69, 9.17) is 5.84 Å². The number of H-pyrrole nitrogens is 1. The average molecular weight is 308 g/mol. The Balaban J connectivity index is 2.25. The summed E-state index contributed by atoms with van der Waals surface area (Å²) in [6.07, 6.45) is 2.04. The normalized spacial score (nSPS) is 11.1. The lowest BCUT2D eigenvalue weighted by atomic mass is 10.1. The lowest BCUT2D eigenvalue weighted by molar-refractivity contribution is 0.0949. The molecule has 0 aliphatic heterocycles. The molecule has 5 N–H and O–H groups in total. The summed E-state index contributed by atoms with van der Waals surface area (Å²) < 4.78 is 26.9. The number of rotatable bonds is 5. The van der Waals surface area contributed by atoms with Crippen molar-refractivity contribution in [3.8, 4) is 0 Å². The van der Waals surface area contributed by atoms with Crippen molar-refractivity contribution in [1.82, 2.24) is 10.4 Å². The van der Waals surface area contributed by atoms with Crippen LogP contribution in [0.3, 0.4) is 0 Å². The Labute approximate surface area is 122 Å². The lowest BCUT2D eigenvalue weighted by Crippen LogP contribution is -2.30. The number of sulfonamides is 1. The van der Waals surface area contributed by atoms with E-state index in [2.05, 4.69) is 9.71 Å². The molecule has 0 saturated carbocycles. The Morgan fingerprint density at radius 1 is 1.33 bits per heavy atom. The van der Waals surface area contributed by atoms with Crippen LogP contribution < -0.4 is 16.0 Å². The maximum atomic E-state index is 12.2. The van der Waals surface area contributed by atoms with Crippen molar-refractivity contribution in [3.63, 3.8) is 0 Å². The number of hydrazine groups is 1. The second-order valence-corrected chi connectivity index (χ2v) is 6.06. The first-order chi connectivity index (χ1) is 9.96. The van der Waals surface area contributed by atoms with E-state index in [0.717, 1.165) is 12.0 Å². The van der Waals surface area contributed by atoms with E-state index in [-0.39, 0.29) is 10.6 Å². The molecule has 21 heavy (non-hydrogen) atoms. The third-order valence-corrected chi connectivity index (χ3v) is 4.29. The summed E-state index contributed by atoms with van der Waals surface area (Å²) in [5.41, 5.74) is 3.49. The van der Waals surface area contributed by atoms with Crippen molar-refractivity contribution in [3.05, 3.63) is 47.8 Å². The van der Waals surface area contributed by atoms with Gasteiger partial charge in [-0.05, 0) is 30.2 Å². The summed E-state index contributed by atoms with van der Waals surface area (Å²) in [6.45, 7) is 1.98. The van der Waals surface area contributed by atoms with E-state index in [0.29, 0.717) is 5.69 Å². The first-order valence-electron chi connectivity index (χ1n) is 6.27. The van der Waals surface area contributed by atoms with Crippen molar-refractivity contribution >= 4 is 21.6 Å². The predicted octanol–water partition coefficient (Wildman–Crippen LogP) is 0.981. The van der Waals surface area contributed by atoms with Gasteiger partial charge in [0.05, 0.1) is 0 Å². The zero-order chi connectivity index (χ0) is 15.5. The zero-order valence-electron chi connectivity index (χ0n) is 11.4. The molecule has 7 nitrogen and oxygen atoms in total. The van der Waals surface area contributed by atoms with Crippen molar-refractivity contribution in [2.45, 2.75) is 18.2 Å². The Morgan fingerprint density at radius 3 is 2.76 bits per heavy atom. The summed E-state index contributed by atoms with van der Waals surface area (Å²) in [6, 6.07) is 8.33. The number of nitrogen functional groups attached to an aromatic ring is 1. The van der Waals surface area contributed by atoms with Gasteiger partial charge in [0.15, 0.2) is 0 Å². The molecule has 112 valence electrons. The van der Waals surface area contributed by atoms with Crippen LogP contribution in [0.25, 0.3) is 0 Å². The van der Waals surface area contributed by atoms with Gasteiger partial charge in [-0.3, -0.25) is 14.9 Å². The highest BCUT2D eigenvalue weighted by Crippen LogP contribution is 2.18. The maximum absolute atomic E-state index is 12.2. The molecule has 0 fully saturated rings. The Morgan fingerprint density at radius 2 is 2.10 bits per heavy atom. The van der Waals surface area contributed by atoms with Crippen molar-refractivity contribution in [2.24, 2.45) is 5.84 Å². The number of aromatic nitrogens is 1. The van der Waals surface area contributed by atoms with Crippen molar-refractivity contribution < 1.29 is 13.2 Å². The van der Waals surface area contributed by atoms with Crippen LogP contribution in [0.15, 0.2) is 41.4 Å². The molecule has 2 aromatic rings. The van der Waals surface area contributed by atoms with Crippen LogP contribution in [0.5, 0.6) is 0 Å². The van der Waals surface area contributed by atoms with Gasteiger partial charge in [0, 0.05) is 11.9 Å². The van der Waals surface area contributed by atoms with E-state index in [1.807, 2.05) is 18.4 Å². The molecular weight excluding hydrogens is 292 g/mol. The third-order valence-electron chi connectivity index (χ3n) is 2.93. The first-order valence-corrected chi connectivity index (χ1v) is 7.75. The number of nitrogens with one attached hydrogen (secondary N) is 3. The number of amides is 1. The number of anilines is 1. The van der Waals surface area contributed by atoms with Crippen LogP contribution in [0, 0.1) is 0 Å². The smallest absolute Gasteiger partial charge is 0.281 e. The number of nitrogens with two attached hydrogens (primary N) is 1. The monoisotopic (exact) mass is 308 g/mol. The number of carbonyl (C=O) groups excluding carboxylic acids is 1. The second-order valence-electron chi connectivity index (χ2n) is 4.38. The van der Waals surface area contributed by atoms with Gasteiger partial charge < -0.3 is 4.98 Å². The van der Waals surface area contributed by atoms with Crippen LogP contribution in [0.2, 0.25) is 0 Å². The number of aryl methyl sites for hydroxylation is 1. The highest BCUT2D eigenvalue weighted by molar-refractivity contribution is 7.92. The summed E-state index contributed by atoms with van der Waals surface area (Å²) >= 11 is 0. The zero-order valence-corrected chi connectivity index (χ0v) is 12.2. The molecule has 0 saturated heterocycles. The van der Waals surface area contributed by atoms with Crippen LogP contribution in [-0.2, 0) is 16.4 Å². The molecule has 2 rings (SSSR count). The van der Waals surface area contributed by atoms with Crippen LogP contribution in [0.1, 0.15) is 23.0 Å². The summed E-state index contributed by atoms with van der Waals surface area (Å²) in [5, 5.41) is 0. The maximum Gasteiger partial charge on any atom is 0.281 e. The van der Waals surface area contributed by atoms with Crippen LogP contribution >= 0.6 is 0 Å². The van der Waals surface area contributed by atoms with Crippen LogP contribution in [-0.4, -0.2) is 19.3 Å². The summed E-state index contributed by atoms with van der Waals surface area (Å²) in [5.74, 6) is 4.40. The molecule has 8 heteroatoms. The highest BCUT2D eigenvalue weighted by atomic mass is 32.2. The van der Waals surface area contributed by atoms with Gasteiger partial charge in [-0.2, -0.15) is 0 Å². The molecule has 0 unspecified atom stereocenters. The van der Waals surface area contributed by atoms with Gasteiger partial charge in [-0.15, -0.1) is 0 Å². The van der Waals surface area contributed by atoms with Gasteiger partial charge in [0.25, 0.3) is 15.9 Å². The fraction of sp³-hybridized carbons (Fsp3) is 0.154. The topological polar surface area (TPSA) is 117 Å². The second kappa shape index (κ2) is 5.98. The standard InChI is InChI=1S/C13H16N4O3S/c1-2-9-4-3-5-10(6-9)17-21(19,20)11-7-12(15-8-11)13(18)16-14/h3-8,15,17H,2,14H2,1H3,(H,16,18). The number of hydrogen-bond donors (Lipinski definition) is 4. The Bertz CT molecular complexity index is 752.